The number of aliphatic hydroxyl groups is 1. The number of aliphatic hydroxyl groups excluding tert-OH is 1. The van der Waals surface area contributed by atoms with Crippen LogP contribution in [0.3, 0.4) is 0 Å². The molecule has 0 radical (unpaired) electrons. The molecule has 4 rings (SSSR count). The molecule has 1 aromatic heterocycles. The molecule has 0 spiro atoms. The Bertz CT molecular complexity index is 1100. The molecule has 0 fully saturated rings. The highest BCUT2D eigenvalue weighted by atomic mass is 32.1. The van der Waals surface area contributed by atoms with Crippen LogP contribution in [0.5, 0.6) is 5.75 Å². The van der Waals surface area contributed by atoms with Crippen molar-refractivity contribution in [1.82, 2.24) is 0 Å². The van der Waals surface area contributed by atoms with E-state index in [-0.39, 0.29) is 17.1 Å². The number of rotatable bonds is 6. The zero-order valence-corrected chi connectivity index (χ0v) is 19.4. The lowest BCUT2D eigenvalue weighted by molar-refractivity contribution is 0.0696. The quantitative estimate of drug-likeness (QED) is 0.401. The van der Waals surface area contributed by atoms with Crippen molar-refractivity contribution >= 4 is 22.3 Å². The number of thiophene rings is 1. The maximum atomic E-state index is 12.2. The SMILES string of the molecule is CC(C)(C)Oc1ccc(C(O)Nc2scc(C3CCc4ccccc4C3)c2C(=O)O)cc1. The van der Waals surface area contributed by atoms with Crippen LogP contribution in [0.4, 0.5) is 5.00 Å². The van der Waals surface area contributed by atoms with Gasteiger partial charge in [-0.1, -0.05) is 36.4 Å². The number of hydrogen-bond acceptors (Lipinski definition) is 5. The Morgan fingerprint density at radius 2 is 1.81 bits per heavy atom. The highest BCUT2D eigenvalue weighted by Crippen LogP contribution is 2.40. The topological polar surface area (TPSA) is 78.8 Å². The summed E-state index contributed by atoms with van der Waals surface area (Å²) in [6.07, 6.45) is 1.69. The second-order valence-electron chi connectivity index (χ2n) is 9.24. The molecule has 0 aliphatic heterocycles. The van der Waals surface area contributed by atoms with E-state index < -0.39 is 12.2 Å². The van der Waals surface area contributed by atoms with Crippen molar-refractivity contribution in [3.05, 3.63) is 81.7 Å². The van der Waals surface area contributed by atoms with Crippen molar-refractivity contribution in [3.8, 4) is 5.75 Å². The smallest absolute Gasteiger partial charge is 0.338 e. The number of aromatic carboxylic acids is 1. The van der Waals surface area contributed by atoms with Crippen molar-refractivity contribution in [2.75, 3.05) is 5.32 Å². The minimum atomic E-state index is -1.02. The molecule has 3 aromatic rings. The molecule has 168 valence electrons. The number of anilines is 1. The summed E-state index contributed by atoms with van der Waals surface area (Å²) in [7, 11) is 0. The fraction of sp³-hybridized carbons (Fsp3) is 0.346. The number of benzene rings is 2. The first-order valence-corrected chi connectivity index (χ1v) is 11.7. The van der Waals surface area contributed by atoms with Gasteiger partial charge in [0.1, 0.15) is 16.4 Å². The van der Waals surface area contributed by atoms with E-state index in [9.17, 15) is 15.0 Å². The van der Waals surface area contributed by atoms with Gasteiger partial charge in [-0.3, -0.25) is 0 Å². The molecule has 5 nitrogen and oxygen atoms in total. The molecule has 1 aliphatic carbocycles. The van der Waals surface area contributed by atoms with Crippen LogP contribution in [0, 0.1) is 0 Å². The van der Waals surface area contributed by atoms with Crippen LogP contribution in [0.2, 0.25) is 0 Å². The largest absolute Gasteiger partial charge is 0.488 e. The van der Waals surface area contributed by atoms with Crippen LogP contribution in [0.25, 0.3) is 0 Å². The third kappa shape index (κ3) is 4.97. The van der Waals surface area contributed by atoms with Crippen molar-refractivity contribution < 1.29 is 19.7 Å². The summed E-state index contributed by atoms with van der Waals surface area (Å²) in [5.41, 5.74) is 4.10. The molecule has 0 saturated heterocycles. The predicted octanol–water partition coefficient (Wildman–Crippen LogP) is 6.00. The average Bonchev–Trinajstić information content (AvgIpc) is 3.16. The highest BCUT2D eigenvalue weighted by Gasteiger charge is 2.28. The Balaban J connectivity index is 1.52. The molecule has 0 amide bonds. The molecule has 1 aliphatic rings. The van der Waals surface area contributed by atoms with Crippen LogP contribution >= 0.6 is 11.3 Å². The van der Waals surface area contributed by atoms with Gasteiger partial charge in [0.15, 0.2) is 6.23 Å². The van der Waals surface area contributed by atoms with Crippen LogP contribution in [0.15, 0.2) is 53.9 Å². The molecule has 0 bridgehead atoms. The molecule has 3 N–H and O–H groups in total. The fourth-order valence-corrected chi connectivity index (χ4v) is 5.30. The first-order chi connectivity index (χ1) is 15.2. The van der Waals surface area contributed by atoms with Gasteiger partial charge >= 0.3 is 5.97 Å². The Morgan fingerprint density at radius 1 is 1.12 bits per heavy atom. The first-order valence-electron chi connectivity index (χ1n) is 10.9. The highest BCUT2D eigenvalue weighted by molar-refractivity contribution is 7.14. The van der Waals surface area contributed by atoms with Gasteiger partial charge in [0.05, 0.1) is 5.56 Å². The molecule has 1 heterocycles. The Morgan fingerprint density at radius 3 is 2.47 bits per heavy atom. The number of hydrogen-bond donors (Lipinski definition) is 3. The van der Waals surface area contributed by atoms with E-state index in [4.69, 9.17) is 4.74 Å². The number of carbonyl (C=O) groups is 1. The van der Waals surface area contributed by atoms with E-state index >= 15 is 0 Å². The molecule has 6 heteroatoms. The van der Waals surface area contributed by atoms with E-state index in [0.717, 1.165) is 30.6 Å². The predicted molar refractivity (Wildman–Crippen MR) is 128 cm³/mol. The maximum absolute atomic E-state index is 12.2. The number of ether oxygens (including phenoxy) is 1. The van der Waals surface area contributed by atoms with Gasteiger partial charge in [-0.25, -0.2) is 4.79 Å². The summed E-state index contributed by atoms with van der Waals surface area (Å²) in [6, 6.07) is 15.6. The number of fused-ring (bicyclic) bond motifs is 1. The van der Waals surface area contributed by atoms with Crippen molar-refractivity contribution in [3.63, 3.8) is 0 Å². The molecule has 0 saturated carbocycles. The number of carboxylic acid groups (broad SMARTS) is 1. The molecular formula is C26H29NO4S. The summed E-state index contributed by atoms with van der Waals surface area (Å²) >= 11 is 1.34. The Hall–Kier alpha value is -2.83. The van der Waals surface area contributed by atoms with Gasteiger partial charge in [-0.2, -0.15) is 0 Å². The zero-order valence-electron chi connectivity index (χ0n) is 18.6. The lowest BCUT2D eigenvalue weighted by Crippen LogP contribution is -2.22. The molecule has 32 heavy (non-hydrogen) atoms. The van der Waals surface area contributed by atoms with E-state index in [0.29, 0.717) is 10.6 Å². The third-order valence-electron chi connectivity index (χ3n) is 5.71. The van der Waals surface area contributed by atoms with Gasteiger partial charge in [-0.15, -0.1) is 11.3 Å². The van der Waals surface area contributed by atoms with E-state index in [2.05, 4.69) is 23.5 Å². The normalized spacial score (nSPS) is 16.8. The molecule has 2 aromatic carbocycles. The van der Waals surface area contributed by atoms with Gasteiger partial charge in [0.2, 0.25) is 0 Å². The monoisotopic (exact) mass is 451 g/mol. The number of nitrogens with one attached hydrogen (secondary N) is 1. The number of aryl methyl sites for hydroxylation is 1. The Labute approximate surface area is 192 Å². The molecular weight excluding hydrogens is 422 g/mol. The van der Waals surface area contributed by atoms with Crippen molar-refractivity contribution in [1.29, 1.82) is 0 Å². The second-order valence-corrected chi connectivity index (χ2v) is 10.1. The van der Waals surface area contributed by atoms with Crippen molar-refractivity contribution in [2.45, 2.75) is 57.8 Å². The lowest BCUT2D eigenvalue weighted by atomic mass is 9.80. The van der Waals surface area contributed by atoms with Gasteiger partial charge in [0.25, 0.3) is 0 Å². The van der Waals surface area contributed by atoms with Gasteiger partial charge < -0.3 is 20.3 Å². The van der Waals surface area contributed by atoms with E-state index in [1.54, 1.807) is 12.1 Å². The van der Waals surface area contributed by atoms with E-state index in [1.165, 1.54) is 22.5 Å². The number of carboxylic acids is 1. The standard InChI is InChI=1S/C26H29NO4S/c1-26(2,3)31-20-12-10-17(11-13-20)23(28)27-24-22(25(29)30)21(15-32-24)19-9-8-16-6-4-5-7-18(16)14-19/h4-7,10-13,15,19,23,27-28H,8-9,14H2,1-3H3,(H,29,30). The summed E-state index contributed by atoms with van der Waals surface area (Å²) in [5.74, 6) is -0.0897. The summed E-state index contributed by atoms with van der Waals surface area (Å²) < 4.78 is 5.82. The van der Waals surface area contributed by atoms with Crippen LogP contribution in [-0.4, -0.2) is 21.8 Å². The fourth-order valence-electron chi connectivity index (χ4n) is 4.24. The summed E-state index contributed by atoms with van der Waals surface area (Å²) in [6.45, 7) is 5.93. The minimum absolute atomic E-state index is 0.161. The third-order valence-corrected chi connectivity index (χ3v) is 6.64. The zero-order chi connectivity index (χ0) is 22.9. The van der Waals surface area contributed by atoms with Crippen LogP contribution in [-0.2, 0) is 12.8 Å². The summed E-state index contributed by atoms with van der Waals surface area (Å²) in [5, 5.41) is 26.1. The van der Waals surface area contributed by atoms with Gasteiger partial charge in [0, 0.05) is 5.56 Å². The first kappa shape index (κ1) is 22.4. The van der Waals surface area contributed by atoms with Gasteiger partial charge in [-0.05, 0) is 80.2 Å². The van der Waals surface area contributed by atoms with Crippen LogP contribution in [0.1, 0.15) is 71.9 Å². The second kappa shape index (κ2) is 8.96. The molecule has 2 unspecified atom stereocenters. The van der Waals surface area contributed by atoms with Crippen LogP contribution < -0.4 is 10.1 Å². The minimum Gasteiger partial charge on any atom is -0.488 e. The molecule has 2 atom stereocenters. The maximum Gasteiger partial charge on any atom is 0.338 e. The average molecular weight is 452 g/mol. The summed E-state index contributed by atoms with van der Waals surface area (Å²) in [4.78, 5) is 12.2. The Kier molecular flexibility index (Phi) is 6.26. The lowest BCUT2D eigenvalue weighted by Gasteiger charge is -2.25. The van der Waals surface area contributed by atoms with E-state index in [1.807, 2.05) is 44.4 Å². The van der Waals surface area contributed by atoms with Crippen molar-refractivity contribution in [2.24, 2.45) is 0 Å².